The molecule has 0 heterocycles. The number of nitrogens with zero attached hydrogens (tertiary/aromatic N) is 1. The fourth-order valence-corrected chi connectivity index (χ4v) is 0.997. The van der Waals surface area contributed by atoms with E-state index in [2.05, 4.69) is 19.8 Å². The van der Waals surface area contributed by atoms with Crippen LogP contribution in [-0.2, 0) is 4.74 Å². The summed E-state index contributed by atoms with van der Waals surface area (Å²) in [5.74, 6) is 0. The molecule has 7 nitrogen and oxygen atoms in total. The van der Waals surface area contributed by atoms with Crippen molar-refractivity contribution in [1.29, 1.82) is 0 Å². The van der Waals surface area contributed by atoms with Crippen LogP contribution in [0.4, 0.5) is 9.59 Å². The Balaban J connectivity index is 4.18. The first-order valence-electron chi connectivity index (χ1n) is 4.41. The highest BCUT2D eigenvalue weighted by Gasteiger charge is 2.14. The second-order valence-electron chi connectivity index (χ2n) is 3.73. The smallest absolute Gasteiger partial charge is 0.342 e. The zero-order chi connectivity index (χ0) is 12.8. The number of amidine groups is 1. The molecule has 0 aromatic heterocycles. The topological polar surface area (TPSA) is 106 Å². The number of ether oxygens (including phenoxy) is 1. The molecular weight excluding hydrogens is 232 g/mol. The summed E-state index contributed by atoms with van der Waals surface area (Å²) in [5.41, 5.74) is 4.80. The number of hydrogen-bond acceptors (Lipinski definition) is 4. The minimum Gasteiger partial charge on any atom is -0.468 e. The number of rotatable bonds is 1. The number of carbonyl (C=O) groups is 2. The van der Waals surface area contributed by atoms with Crippen LogP contribution in [-0.4, -0.2) is 29.9 Å². The van der Waals surface area contributed by atoms with E-state index in [9.17, 15) is 9.59 Å². The van der Waals surface area contributed by atoms with Crippen molar-refractivity contribution >= 4 is 30.0 Å². The number of hydrogen-bond donors (Lipinski definition) is 3. The third-order valence-electron chi connectivity index (χ3n) is 1.08. The number of nitrogens with two attached hydrogens (primary N) is 1. The summed E-state index contributed by atoms with van der Waals surface area (Å²) in [6.07, 6.45) is 0. The Morgan fingerprint density at radius 1 is 1.38 bits per heavy atom. The summed E-state index contributed by atoms with van der Waals surface area (Å²) in [4.78, 5) is 25.0. The highest BCUT2D eigenvalue weighted by atomic mass is 32.2. The molecule has 0 aromatic rings. The van der Waals surface area contributed by atoms with Crippen LogP contribution in [0, 0.1) is 0 Å². The molecule has 0 bridgehead atoms. The molecule has 4 N–H and O–H groups in total. The zero-order valence-electron chi connectivity index (χ0n) is 9.66. The number of primary amides is 1. The van der Waals surface area contributed by atoms with E-state index >= 15 is 0 Å². The number of aliphatic imine (C=N–C) groups is 1. The lowest BCUT2D eigenvalue weighted by molar-refractivity contribution is 0.247. The van der Waals surface area contributed by atoms with E-state index in [1.54, 1.807) is 0 Å². The van der Waals surface area contributed by atoms with Gasteiger partial charge < -0.3 is 10.5 Å². The number of methoxy groups -OCH3 is 1. The first-order chi connectivity index (χ1) is 7.24. The largest absolute Gasteiger partial charge is 0.468 e. The lowest BCUT2D eigenvalue weighted by Crippen LogP contribution is -2.39. The normalized spacial score (nSPS) is 11.9. The molecule has 0 aromatic carbocycles. The lowest BCUT2D eigenvalue weighted by atomic mass is 10.3. The van der Waals surface area contributed by atoms with Crippen LogP contribution in [0.15, 0.2) is 4.99 Å². The molecule has 0 aliphatic heterocycles. The predicted molar refractivity (Wildman–Crippen MR) is 63.0 cm³/mol. The van der Waals surface area contributed by atoms with Gasteiger partial charge >= 0.3 is 18.1 Å². The minimum atomic E-state index is -0.944. The van der Waals surface area contributed by atoms with Crippen molar-refractivity contribution in [2.24, 2.45) is 10.7 Å². The van der Waals surface area contributed by atoms with Gasteiger partial charge in [0.25, 0.3) is 0 Å². The maximum absolute atomic E-state index is 11.3. The molecule has 0 aliphatic rings. The van der Waals surface area contributed by atoms with Gasteiger partial charge in [0.15, 0.2) is 0 Å². The van der Waals surface area contributed by atoms with Gasteiger partial charge in [-0.25, -0.2) is 9.59 Å². The van der Waals surface area contributed by atoms with Gasteiger partial charge in [-0.1, -0.05) is 0 Å². The average molecular weight is 248 g/mol. The minimum absolute atomic E-state index is 0.120. The van der Waals surface area contributed by atoms with Gasteiger partial charge in [0.05, 0.1) is 7.11 Å². The second-order valence-corrected chi connectivity index (χ2v) is 5.36. The van der Waals surface area contributed by atoms with Gasteiger partial charge in [0.1, 0.15) is 0 Å². The monoisotopic (exact) mass is 248 g/mol. The number of nitrogens with one attached hydrogen (secondary N) is 2. The van der Waals surface area contributed by atoms with Crippen LogP contribution in [0.5, 0.6) is 0 Å². The first-order valence-corrected chi connectivity index (χ1v) is 5.23. The Labute approximate surface area is 98.3 Å². The fraction of sp³-hybridized carbons (Fsp3) is 0.625. The molecule has 0 radical (unpaired) electrons. The van der Waals surface area contributed by atoms with Crippen molar-refractivity contribution in [3.8, 4) is 0 Å². The highest BCUT2D eigenvalue weighted by molar-refractivity contribution is 7.99. The van der Waals surface area contributed by atoms with Crippen molar-refractivity contribution in [3.05, 3.63) is 0 Å². The molecule has 0 unspecified atom stereocenters. The quantitative estimate of drug-likeness (QED) is 0.363. The second kappa shape index (κ2) is 6.21. The van der Waals surface area contributed by atoms with Crippen molar-refractivity contribution in [1.82, 2.24) is 10.0 Å². The van der Waals surface area contributed by atoms with Crippen LogP contribution in [0.3, 0.4) is 0 Å². The van der Waals surface area contributed by atoms with Crippen LogP contribution < -0.4 is 15.8 Å². The van der Waals surface area contributed by atoms with Crippen molar-refractivity contribution in [3.63, 3.8) is 0 Å². The molecule has 0 aliphatic carbocycles. The van der Waals surface area contributed by atoms with Crippen LogP contribution >= 0.6 is 11.9 Å². The Morgan fingerprint density at radius 3 is 2.31 bits per heavy atom. The standard InChI is InChI=1S/C8H16N4O3S/c1-8(2,3)16-12-6(14)11-7(15-4)10-5(9)13/h1-4H3,(H4,9,10,11,12,13,14). The molecule has 8 heteroatoms. The van der Waals surface area contributed by atoms with Crippen molar-refractivity contribution < 1.29 is 14.3 Å². The molecule has 0 fully saturated rings. The van der Waals surface area contributed by atoms with E-state index in [0.29, 0.717) is 0 Å². The number of carbonyl (C=O) groups excluding carboxylic acids is 2. The van der Waals surface area contributed by atoms with E-state index in [-0.39, 0.29) is 10.8 Å². The van der Waals surface area contributed by atoms with Crippen LogP contribution in [0.2, 0.25) is 0 Å². The molecule has 92 valence electrons. The molecule has 0 saturated carbocycles. The van der Waals surface area contributed by atoms with Gasteiger partial charge in [-0.15, -0.1) is 4.99 Å². The summed E-state index contributed by atoms with van der Waals surface area (Å²) in [6, 6.07) is -1.73. The molecule has 16 heavy (non-hydrogen) atoms. The lowest BCUT2D eigenvalue weighted by Gasteiger charge is -2.17. The highest BCUT2D eigenvalue weighted by Crippen LogP contribution is 2.18. The Bertz CT molecular complexity index is 298. The van der Waals surface area contributed by atoms with Gasteiger partial charge in [0, 0.05) is 4.75 Å². The third kappa shape index (κ3) is 7.92. The Hall–Kier alpha value is -1.44. The average Bonchev–Trinajstić information content (AvgIpc) is 2.12. The van der Waals surface area contributed by atoms with E-state index in [0.717, 1.165) is 0 Å². The van der Waals surface area contributed by atoms with E-state index in [1.807, 2.05) is 20.8 Å². The summed E-state index contributed by atoms with van der Waals surface area (Å²) in [5, 5.41) is 2.23. The number of amides is 4. The van der Waals surface area contributed by atoms with Crippen LogP contribution in [0.25, 0.3) is 0 Å². The maximum Gasteiger partial charge on any atom is 0.342 e. The van der Waals surface area contributed by atoms with Gasteiger partial charge in [0.2, 0.25) is 0 Å². The van der Waals surface area contributed by atoms with E-state index < -0.39 is 12.1 Å². The summed E-state index contributed by atoms with van der Waals surface area (Å²) in [7, 11) is 1.26. The summed E-state index contributed by atoms with van der Waals surface area (Å²) in [6.45, 7) is 5.81. The molecule has 4 amide bonds. The van der Waals surface area contributed by atoms with Crippen molar-refractivity contribution in [2.45, 2.75) is 25.5 Å². The van der Waals surface area contributed by atoms with Gasteiger partial charge in [-0.2, -0.15) is 0 Å². The molecular formula is C8H16N4O3S. The number of urea groups is 2. The Kier molecular flexibility index (Phi) is 5.65. The summed E-state index contributed by atoms with van der Waals surface area (Å²) < 4.78 is 7.03. The molecule has 0 saturated heterocycles. The predicted octanol–water partition coefficient (Wildman–Crippen LogP) is 0.813. The van der Waals surface area contributed by atoms with Crippen molar-refractivity contribution in [2.75, 3.05) is 7.11 Å². The fourth-order valence-electron chi connectivity index (χ4n) is 0.547. The Morgan fingerprint density at radius 2 is 1.94 bits per heavy atom. The van der Waals surface area contributed by atoms with Gasteiger partial charge in [-0.05, 0) is 32.7 Å². The first kappa shape index (κ1) is 14.6. The molecule has 0 spiro atoms. The summed E-state index contributed by atoms with van der Waals surface area (Å²) >= 11 is 1.22. The SMILES string of the molecule is COC(=NC(N)=O)NC(=O)NSC(C)(C)C. The third-order valence-corrected chi connectivity index (χ3v) is 1.98. The maximum atomic E-state index is 11.3. The van der Waals surface area contributed by atoms with E-state index in [4.69, 9.17) is 5.73 Å². The molecule has 0 rings (SSSR count). The van der Waals surface area contributed by atoms with Crippen LogP contribution in [0.1, 0.15) is 20.8 Å². The zero-order valence-corrected chi connectivity index (χ0v) is 10.5. The van der Waals surface area contributed by atoms with E-state index in [1.165, 1.54) is 19.1 Å². The van der Waals surface area contributed by atoms with Gasteiger partial charge in [-0.3, -0.25) is 10.0 Å². The molecule has 0 atom stereocenters.